The highest BCUT2D eigenvalue weighted by Gasteiger charge is 2.07. The molecule has 3 aromatic rings. The Morgan fingerprint density at radius 1 is 1.38 bits per heavy atom. The van der Waals surface area contributed by atoms with Gasteiger partial charge < -0.3 is 10.3 Å². The van der Waals surface area contributed by atoms with Gasteiger partial charge in [-0.05, 0) is 19.1 Å². The summed E-state index contributed by atoms with van der Waals surface area (Å²) in [6.07, 6.45) is 3.55. The van der Waals surface area contributed by atoms with E-state index >= 15 is 0 Å². The fourth-order valence-corrected chi connectivity index (χ4v) is 2.94. The van der Waals surface area contributed by atoms with Crippen molar-refractivity contribution in [3.8, 4) is 11.8 Å². The van der Waals surface area contributed by atoms with E-state index in [0.29, 0.717) is 18.6 Å². The molecule has 0 aliphatic rings. The van der Waals surface area contributed by atoms with Gasteiger partial charge in [0.2, 0.25) is 0 Å². The van der Waals surface area contributed by atoms with Gasteiger partial charge in [0.25, 0.3) is 5.56 Å². The Balaban J connectivity index is 1.92. The van der Waals surface area contributed by atoms with Gasteiger partial charge in [-0.1, -0.05) is 11.8 Å². The van der Waals surface area contributed by atoms with E-state index in [0.717, 1.165) is 16.1 Å². The summed E-state index contributed by atoms with van der Waals surface area (Å²) in [6, 6.07) is 3.79. The second-order valence-electron chi connectivity index (χ2n) is 4.65. The van der Waals surface area contributed by atoms with E-state index in [-0.39, 0.29) is 5.56 Å². The first-order valence-corrected chi connectivity index (χ1v) is 7.37. The fraction of sp³-hybridized carbons (Fsp3) is 0.200. The number of thiophene rings is 1. The van der Waals surface area contributed by atoms with Crippen LogP contribution in [-0.2, 0) is 6.54 Å². The number of nitrogens with two attached hydrogens (primary N) is 1. The molecular formula is C15H14N4OS. The first-order chi connectivity index (χ1) is 10.2. The molecule has 21 heavy (non-hydrogen) atoms. The predicted molar refractivity (Wildman–Crippen MR) is 83.5 cm³/mol. The largest absolute Gasteiger partial charge is 0.320 e. The molecule has 5 nitrogen and oxygen atoms in total. The zero-order valence-corrected chi connectivity index (χ0v) is 12.4. The maximum Gasteiger partial charge on any atom is 0.276 e. The van der Waals surface area contributed by atoms with E-state index < -0.39 is 0 Å². The Bertz CT molecular complexity index is 907. The van der Waals surface area contributed by atoms with Gasteiger partial charge in [-0.25, -0.2) is 4.52 Å². The van der Waals surface area contributed by atoms with Gasteiger partial charge in [0.15, 0.2) is 0 Å². The zero-order chi connectivity index (χ0) is 14.8. The highest BCUT2D eigenvalue weighted by Crippen LogP contribution is 2.15. The molecule has 0 bridgehead atoms. The molecule has 3 aromatic heterocycles. The van der Waals surface area contributed by atoms with Crippen LogP contribution < -0.4 is 11.3 Å². The highest BCUT2D eigenvalue weighted by atomic mass is 32.1. The first-order valence-electron chi connectivity index (χ1n) is 6.49. The maximum atomic E-state index is 12.4. The van der Waals surface area contributed by atoms with Crippen LogP contribution in [0.15, 0.2) is 34.7 Å². The first kappa shape index (κ1) is 13.6. The Kier molecular flexibility index (Phi) is 3.60. The molecular weight excluding hydrogens is 284 g/mol. The molecule has 0 unspecified atom stereocenters. The van der Waals surface area contributed by atoms with Gasteiger partial charge in [-0.3, -0.25) is 4.79 Å². The second-order valence-corrected chi connectivity index (χ2v) is 5.65. The predicted octanol–water partition coefficient (Wildman–Crippen LogP) is 1.22. The van der Waals surface area contributed by atoms with E-state index in [2.05, 4.69) is 16.9 Å². The molecule has 106 valence electrons. The van der Waals surface area contributed by atoms with E-state index in [4.69, 9.17) is 5.73 Å². The van der Waals surface area contributed by atoms with Crippen LogP contribution in [0.5, 0.6) is 0 Å². The lowest BCUT2D eigenvalue weighted by Gasteiger charge is -2.03. The van der Waals surface area contributed by atoms with Gasteiger partial charge in [0, 0.05) is 28.2 Å². The Morgan fingerprint density at radius 2 is 2.24 bits per heavy atom. The number of aromatic nitrogens is 3. The molecule has 0 fully saturated rings. The number of aryl methyl sites for hydroxylation is 1. The van der Waals surface area contributed by atoms with Gasteiger partial charge >= 0.3 is 0 Å². The molecule has 0 radical (unpaired) electrons. The molecule has 0 amide bonds. The molecule has 0 aromatic carbocycles. The summed E-state index contributed by atoms with van der Waals surface area (Å²) in [5, 5.41) is 6.21. The van der Waals surface area contributed by atoms with Crippen molar-refractivity contribution in [2.24, 2.45) is 5.73 Å². The van der Waals surface area contributed by atoms with Crippen LogP contribution in [0.4, 0.5) is 0 Å². The van der Waals surface area contributed by atoms with Gasteiger partial charge in [-0.2, -0.15) is 5.10 Å². The highest BCUT2D eigenvalue weighted by molar-refractivity contribution is 7.10. The molecule has 0 aliphatic carbocycles. The van der Waals surface area contributed by atoms with Crippen molar-refractivity contribution in [3.63, 3.8) is 0 Å². The minimum absolute atomic E-state index is 0.0407. The number of rotatable bonds is 2. The lowest BCUT2D eigenvalue weighted by molar-refractivity contribution is 0.750. The molecule has 6 heteroatoms. The van der Waals surface area contributed by atoms with E-state index in [1.807, 2.05) is 18.4 Å². The zero-order valence-electron chi connectivity index (χ0n) is 11.5. The second kappa shape index (κ2) is 5.56. The molecule has 0 saturated carbocycles. The monoisotopic (exact) mass is 298 g/mol. The lowest BCUT2D eigenvalue weighted by Crippen LogP contribution is -2.21. The van der Waals surface area contributed by atoms with Crippen molar-refractivity contribution in [2.75, 3.05) is 6.54 Å². The molecule has 3 rings (SSSR count). The van der Waals surface area contributed by atoms with Gasteiger partial charge in [0.05, 0.1) is 18.8 Å². The Morgan fingerprint density at radius 3 is 3.05 bits per heavy atom. The van der Waals surface area contributed by atoms with Crippen LogP contribution in [-0.4, -0.2) is 20.7 Å². The quantitative estimate of drug-likeness (QED) is 0.724. The summed E-state index contributed by atoms with van der Waals surface area (Å²) in [5.41, 5.74) is 7.68. The standard InChI is InChI=1S/C15H14N4OS/c1-11-7-14-15(20)18(5-6-19(14)17-11)9-13-8-12(10-21-13)3-2-4-16/h5-8,10H,4,9,16H2,1H3. The Labute approximate surface area is 125 Å². The SMILES string of the molecule is Cc1cc2c(=O)n(Cc3cc(C#CCN)cs3)ccn2n1. The summed E-state index contributed by atoms with van der Waals surface area (Å²) in [6.45, 7) is 2.76. The third-order valence-corrected chi connectivity index (χ3v) is 3.96. The topological polar surface area (TPSA) is 65.3 Å². The lowest BCUT2D eigenvalue weighted by atomic mass is 10.3. The van der Waals surface area contributed by atoms with Gasteiger partial charge in [-0.15, -0.1) is 11.3 Å². The summed E-state index contributed by atoms with van der Waals surface area (Å²) in [4.78, 5) is 13.5. The number of hydrogen-bond donors (Lipinski definition) is 1. The number of hydrogen-bond acceptors (Lipinski definition) is 4. The molecule has 2 N–H and O–H groups in total. The van der Waals surface area contributed by atoms with Crippen LogP contribution in [0, 0.1) is 18.8 Å². The van der Waals surface area contributed by atoms with E-state index in [9.17, 15) is 4.79 Å². The van der Waals surface area contributed by atoms with E-state index in [1.165, 1.54) is 0 Å². The molecule has 3 heterocycles. The molecule has 0 atom stereocenters. The normalized spacial score (nSPS) is 10.6. The third-order valence-electron chi connectivity index (χ3n) is 3.04. The van der Waals surface area contributed by atoms with Crippen LogP contribution >= 0.6 is 11.3 Å². The summed E-state index contributed by atoms with van der Waals surface area (Å²) in [7, 11) is 0. The van der Waals surface area contributed by atoms with Crippen LogP contribution in [0.25, 0.3) is 5.52 Å². The smallest absolute Gasteiger partial charge is 0.276 e. The van der Waals surface area contributed by atoms with Crippen LogP contribution in [0.2, 0.25) is 0 Å². The minimum atomic E-state index is -0.0407. The number of nitrogens with zero attached hydrogens (tertiary/aromatic N) is 3. The van der Waals surface area contributed by atoms with Crippen molar-refractivity contribution in [2.45, 2.75) is 13.5 Å². The molecule has 0 spiro atoms. The van der Waals surface area contributed by atoms with Crippen LogP contribution in [0.3, 0.4) is 0 Å². The molecule has 0 aliphatic heterocycles. The van der Waals surface area contributed by atoms with Crippen molar-refractivity contribution in [1.82, 2.24) is 14.2 Å². The summed E-state index contributed by atoms with van der Waals surface area (Å²) >= 11 is 1.59. The fourth-order valence-electron chi connectivity index (χ4n) is 2.12. The van der Waals surface area contributed by atoms with Crippen molar-refractivity contribution < 1.29 is 0 Å². The summed E-state index contributed by atoms with van der Waals surface area (Å²) in [5.74, 6) is 5.82. The average molecular weight is 298 g/mol. The molecule has 0 saturated heterocycles. The van der Waals surface area contributed by atoms with Crippen LogP contribution in [0.1, 0.15) is 16.1 Å². The minimum Gasteiger partial charge on any atom is -0.320 e. The average Bonchev–Trinajstić information content (AvgIpc) is 3.06. The van der Waals surface area contributed by atoms with E-state index in [1.54, 1.807) is 38.9 Å². The third kappa shape index (κ3) is 2.75. The van der Waals surface area contributed by atoms with Crippen molar-refractivity contribution in [1.29, 1.82) is 0 Å². The number of fused-ring (bicyclic) bond motifs is 1. The summed E-state index contributed by atoms with van der Waals surface area (Å²) < 4.78 is 3.29. The van der Waals surface area contributed by atoms with Crippen molar-refractivity contribution >= 4 is 16.9 Å². The maximum absolute atomic E-state index is 12.4. The van der Waals surface area contributed by atoms with Gasteiger partial charge in [0.1, 0.15) is 5.52 Å². The Hall–Kier alpha value is -2.36. The van der Waals surface area contributed by atoms with Crippen molar-refractivity contribution in [3.05, 3.63) is 56.4 Å².